The number of aromatic nitrogens is 2. The molecule has 1 heterocycles. The van der Waals surface area contributed by atoms with Crippen LogP contribution in [0.4, 0.5) is 5.69 Å². The number of hydrogen-bond donors (Lipinski definition) is 3. The van der Waals surface area contributed by atoms with Crippen LogP contribution in [-0.4, -0.2) is 14.9 Å². The van der Waals surface area contributed by atoms with Gasteiger partial charge < -0.3 is 10.4 Å². The number of nitrogens with one attached hydrogen (secondary N) is 2. The number of anilines is 1. The zero-order valence-corrected chi connectivity index (χ0v) is 12.6. The maximum atomic E-state index is 9.77. The molecule has 0 amide bonds. The first-order chi connectivity index (χ1) is 10.7. The maximum absolute atomic E-state index is 9.77. The number of para-hydroxylation sites is 3. The Morgan fingerprint density at radius 3 is 2.50 bits per heavy atom. The van der Waals surface area contributed by atoms with Gasteiger partial charge in [-0.1, -0.05) is 49.1 Å². The average Bonchev–Trinajstić information content (AvgIpc) is 2.82. The lowest BCUT2D eigenvalue weighted by molar-refractivity contribution is 0.478. The van der Waals surface area contributed by atoms with Crippen LogP contribution in [0.3, 0.4) is 0 Å². The van der Waals surface area contributed by atoms with E-state index in [1.165, 1.54) is 0 Å². The Bertz CT molecular complexity index is 958. The van der Waals surface area contributed by atoms with E-state index in [4.69, 9.17) is 12.2 Å². The number of H-pyrrole nitrogens is 1. The van der Waals surface area contributed by atoms with Crippen LogP contribution in [0.1, 0.15) is 0 Å². The molecule has 1 aromatic heterocycles. The van der Waals surface area contributed by atoms with E-state index >= 15 is 0 Å². The minimum Gasteiger partial charge on any atom is -0.506 e. The second-order valence-electron chi connectivity index (χ2n) is 4.79. The lowest BCUT2D eigenvalue weighted by Gasteiger charge is -2.02. The van der Waals surface area contributed by atoms with Gasteiger partial charge in [0.15, 0.2) is 0 Å². The Labute approximate surface area is 132 Å². The Kier molecular flexibility index (Phi) is 3.80. The number of phenolic OH excluding ortho intramolecular Hbond substituents is 1. The fourth-order valence-electron chi connectivity index (χ4n) is 2.15. The van der Waals surface area contributed by atoms with Crippen molar-refractivity contribution in [3.05, 3.63) is 69.8 Å². The second-order valence-corrected chi connectivity index (χ2v) is 5.17. The largest absolute Gasteiger partial charge is 0.506 e. The molecular weight excluding hydrogens is 294 g/mol. The van der Waals surface area contributed by atoms with Crippen molar-refractivity contribution in [2.45, 2.75) is 0 Å². The van der Waals surface area contributed by atoms with Crippen molar-refractivity contribution in [2.75, 3.05) is 5.32 Å². The topological polar surface area (TPSA) is 53.0 Å². The van der Waals surface area contributed by atoms with Crippen molar-refractivity contribution in [3.8, 4) is 11.4 Å². The molecule has 0 bridgehead atoms. The van der Waals surface area contributed by atoms with Gasteiger partial charge in [-0.05, 0) is 24.3 Å². The third kappa shape index (κ3) is 2.66. The van der Waals surface area contributed by atoms with Crippen molar-refractivity contribution in [3.63, 3.8) is 0 Å². The third-order valence-corrected chi connectivity index (χ3v) is 3.70. The first-order valence-corrected chi connectivity index (χ1v) is 7.18. The van der Waals surface area contributed by atoms with E-state index in [2.05, 4.69) is 17.0 Å². The molecule has 0 aliphatic rings. The second kappa shape index (κ2) is 5.91. The van der Waals surface area contributed by atoms with Gasteiger partial charge >= 0.3 is 0 Å². The minimum atomic E-state index is 0.182. The molecule has 3 rings (SSSR count). The molecule has 3 aromatic rings. The molecule has 0 radical (unpaired) electrons. The number of nitrogens with zero attached hydrogens (tertiary/aromatic N) is 1. The Hall–Kier alpha value is -2.79. The van der Waals surface area contributed by atoms with Crippen LogP contribution in [0.15, 0.2) is 54.6 Å². The fraction of sp³-hybridized carbons (Fsp3) is 0. The summed E-state index contributed by atoms with van der Waals surface area (Å²) in [6, 6.07) is 16.8. The van der Waals surface area contributed by atoms with E-state index in [9.17, 15) is 5.11 Å². The summed E-state index contributed by atoms with van der Waals surface area (Å²) in [6.45, 7) is 3.99. The predicted molar refractivity (Wildman–Crippen MR) is 91.9 cm³/mol. The summed E-state index contributed by atoms with van der Waals surface area (Å²) in [6.07, 6.45) is 1.75. The van der Waals surface area contributed by atoms with E-state index in [1.807, 2.05) is 36.4 Å². The first kappa shape index (κ1) is 14.2. The van der Waals surface area contributed by atoms with Crippen molar-refractivity contribution < 1.29 is 5.11 Å². The monoisotopic (exact) mass is 309 g/mol. The molecule has 4 nitrogen and oxygen atoms in total. The van der Waals surface area contributed by atoms with Crippen LogP contribution < -0.4 is 15.9 Å². The SMILES string of the molecule is C=c1[nH]n(-c2ccccc2)c(=S)/c1=C\Nc1ccccc1O. The predicted octanol–water partition coefficient (Wildman–Crippen LogP) is 2.50. The summed E-state index contributed by atoms with van der Waals surface area (Å²) in [5.74, 6) is 0.182. The highest BCUT2D eigenvalue weighted by Crippen LogP contribution is 2.21. The Morgan fingerprint density at radius 1 is 1.09 bits per heavy atom. The smallest absolute Gasteiger partial charge is 0.138 e. The highest BCUT2D eigenvalue weighted by Gasteiger charge is 2.01. The van der Waals surface area contributed by atoms with Gasteiger partial charge in [0.25, 0.3) is 0 Å². The third-order valence-electron chi connectivity index (χ3n) is 3.30. The number of aromatic hydroxyl groups is 1. The van der Waals surface area contributed by atoms with Crippen LogP contribution in [-0.2, 0) is 0 Å². The Morgan fingerprint density at radius 2 is 1.77 bits per heavy atom. The van der Waals surface area contributed by atoms with Crippen LogP contribution >= 0.6 is 12.2 Å². The van der Waals surface area contributed by atoms with Gasteiger partial charge in [0.2, 0.25) is 0 Å². The number of phenols is 1. The number of aromatic amines is 1. The number of hydrogen-bond acceptors (Lipinski definition) is 3. The van der Waals surface area contributed by atoms with Gasteiger partial charge in [0.05, 0.1) is 21.9 Å². The quantitative estimate of drug-likeness (QED) is 0.515. The number of benzene rings is 2. The van der Waals surface area contributed by atoms with Crippen molar-refractivity contribution in [1.29, 1.82) is 0 Å². The Balaban J connectivity index is 2.04. The molecule has 0 spiro atoms. The van der Waals surface area contributed by atoms with Crippen LogP contribution in [0, 0.1) is 4.64 Å². The van der Waals surface area contributed by atoms with E-state index in [1.54, 1.807) is 29.1 Å². The standard InChI is InChI=1S/C17H15N3OS/c1-12-14(11-18-15-9-5-6-10-16(15)21)17(22)20(19-12)13-7-3-2-4-8-13/h2-11,18-19,21H,1H2/b14-11-. The molecule has 0 atom stereocenters. The summed E-state index contributed by atoms with van der Waals surface area (Å²) in [5, 5.41) is 17.5. The molecule has 0 fully saturated rings. The van der Waals surface area contributed by atoms with E-state index < -0.39 is 0 Å². The average molecular weight is 309 g/mol. The summed E-state index contributed by atoms with van der Waals surface area (Å²) < 4.78 is 2.43. The summed E-state index contributed by atoms with van der Waals surface area (Å²) in [5.41, 5.74) is 1.56. The van der Waals surface area contributed by atoms with Crippen LogP contribution in [0.2, 0.25) is 0 Å². The molecule has 0 aliphatic carbocycles. The van der Waals surface area contributed by atoms with Crippen molar-refractivity contribution in [1.82, 2.24) is 9.78 Å². The summed E-state index contributed by atoms with van der Waals surface area (Å²) in [4.78, 5) is 0. The van der Waals surface area contributed by atoms with Gasteiger partial charge in [-0.25, -0.2) is 4.68 Å². The first-order valence-electron chi connectivity index (χ1n) is 6.77. The van der Waals surface area contributed by atoms with Gasteiger partial charge in [0.1, 0.15) is 10.4 Å². The molecular formula is C17H15N3OS. The molecule has 0 saturated carbocycles. The zero-order valence-electron chi connectivity index (χ0n) is 11.8. The highest BCUT2D eigenvalue weighted by molar-refractivity contribution is 7.71. The molecule has 2 aromatic carbocycles. The zero-order chi connectivity index (χ0) is 15.5. The summed E-state index contributed by atoms with van der Waals surface area (Å²) in [7, 11) is 0. The minimum absolute atomic E-state index is 0.182. The molecule has 110 valence electrons. The highest BCUT2D eigenvalue weighted by atomic mass is 32.1. The van der Waals surface area contributed by atoms with Crippen LogP contribution in [0.5, 0.6) is 5.75 Å². The van der Waals surface area contributed by atoms with Gasteiger partial charge in [0, 0.05) is 6.20 Å². The molecule has 5 heteroatoms. The lowest BCUT2D eigenvalue weighted by Crippen LogP contribution is -2.22. The van der Waals surface area contributed by atoms with Crippen LogP contribution in [0.25, 0.3) is 18.5 Å². The number of rotatable bonds is 3. The fourth-order valence-corrected chi connectivity index (χ4v) is 2.48. The van der Waals surface area contributed by atoms with E-state index in [-0.39, 0.29) is 5.75 Å². The van der Waals surface area contributed by atoms with E-state index in [0.717, 1.165) is 10.9 Å². The van der Waals surface area contributed by atoms with Gasteiger partial charge in [-0.2, -0.15) is 0 Å². The van der Waals surface area contributed by atoms with Crippen molar-refractivity contribution in [2.24, 2.45) is 0 Å². The molecule has 0 aliphatic heterocycles. The lowest BCUT2D eigenvalue weighted by atomic mass is 10.3. The van der Waals surface area contributed by atoms with Crippen molar-refractivity contribution >= 4 is 30.7 Å². The molecule has 0 unspecified atom stereocenters. The molecule has 22 heavy (non-hydrogen) atoms. The summed E-state index contributed by atoms with van der Waals surface area (Å²) >= 11 is 5.50. The molecule has 0 saturated heterocycles. The molecule has 3 N–H and O–H groups in total. The van der Waals surface area contributed by atoms with Gasteiger partial charge in [-0.3, -0.25) is 5.10 Å². The normalized spacial score (nSPS) is 11.5. The maximum Gasteiger partial charge on any atom is 0.138 e. The van der Waals surface area contributed by atoms with Gasteiger partial charge in [-0.15, -0.1) is 0 Å². The van der Waals surface area contributed by atoms with E-state index in [0.29, 0.717) is 15.7 Å².